The van der Waals surface area contributed by atoms with Gasteiger partial charge in [0.15, 0.2) is 0 Å². The van der Waals surface area contributed by atoms with Gasteiger partial charge in [-0.15, -0.1) is 11.8 Å². The lowest BCUT2D eigenvalue weighted by molar-refractivity contribution is -0.118. The van der Waals surface area contributed by atoms with Gasteiger partial charge in [0.1, 0.15) is 0 Å². The lowest BCUT2D eigenvalue weighted by Gasteiger charge is -2.06. The minimum atomic E-state index is 0.0105. The van der Waals surface area contributed by atoms with E-state index < -0.39 is 0 Å². The van der Waals surface area contributed by atoms with E-state index >= 15 is 0 Å². The molecule has 0 saturated carbocycles. The fourth-order valence-corrected chi connectivity index (χ4v) is 2.40. The van der Waals surface area contributed by atoms with Crippen LogP contribution in [0.4, 0.5) is 0 Å². The molecule has 4 nitrogen and oxygen atoms in total. The van der Waals surface area contributed by atoms with E-state index in [4.69, 9.17) is 4.74 Å². The van der Waals surface area contributed by atoms with Gasteiger partial charge in [-0.1, -0.05) is 23.8 Å². The first kappa shape index (κ1) is 15.4. The van der Waals surface area contributed by atoms with Crippen molar-refractivity contribution in [2.24, 2.45) is 0 Å². The Balaban J connectivity index is 1.75. The number of carbonyl (C=O) groups excluding carboxylic acids is 1. The van der Waals surface area contributed by atoms with Crippen molar-refractivity contribution in [2.75, 3.05) is 12.9 Å². The lowest BCUT2D eigenvalue weighted by atomic mass is 10.2. The van der Waals surface area contributed by atoms with Gasteiger partial charge in [0.05, 0.1) is 12.9 Å². The molecule has 1 aromatic heterocycles. The molecule has 1 aromatic carbocycles. The maximum Gasteiger partial charge on any atom is 0.230 e. The predicted octanol–water partition coefficient (Wildman–Crippen LogP) is 2.81. The second-order valence-electron chi connectivity index (χ2n) is 4.59. The van der Waals surface area contributed by atoms with Crippen LogP contribution in [0.1, 0.15) is 11.1 Å². The van der Waals surface area contributed by atoms with Crippen molar-refractivity contribution < 1.29 is 9.53 Å². The van der Waals surface area contributed by atoms with Gasteiger partial charge in [0.2, 0.25) is 11.8 Å². The first-order valence-corrected chi connectivity index (χ1v) is 7.61. The molecule has 0 spiro atoms. The Kier molecular flexibility index (Phi) is 5.63. The first-order chi connectivity index (χ1) is 10.2. The molecule has 0 aliphatic heterocycles. The maximum atomic E-state index is 11.8. The Labute approximate surface area is 128 Å². The van der Waals surface area contributed by atoms with Crippen LogP contribution in [0, 0.1) is 6.92 Å². The van der Waals surface area contributed by atoms with E-state index in [0.29, 0.717) is 18.2 Å². The number of benzene rings is 1. The Morgan fingerprint density at radius 2 is 2.00 bits per heavy atom. The topological polar surface area (TPSA) is 51.2 Å². The number of hydrogen-bond acceptors (Lipinski definition) is 4. The van der Waals surface area contributed by atoms with Crippen molar-refractivity contribution >= 4 is 17.7 Å². The second-order valence-corrected chi connectivity index (χ2v) is 5.64. The van der Waals surface area contributed by atoms with Crippen LogP contribution >= 0.6 is 11.8 Å². The van der Waals surface area contributed by atoms with Gasteiger partial charge in [-0.3, -0.25) is 4.79 Å². The number of nitrogens with zero attached hydrogens (tertiary/aromatic N) is 1. The molecule has 1 heterocycles. The van der Waals surface area contributed by atoms with Crippen LogP contribution in [-0.4, -0.2) is 23.8 Å². The third-order valence-electron chi connectivity index (χ3n) is 2.89. The van der Waals surface area contributed by atoms with Crippen molar-refractivity contribution in [1.82, 2.24) is 10.3 Å². The molecule has 0 aliphatic carbocycles. The molecule has 5 heteroatoms. The van der Waals surface area contributed by atoms with Gasteiger partial charge in [-0.25, -0.2) is 4.98 Å². The number of carbonyl (C=O) groups is 1. The molecule has 110 valence electrons. The van der Waals surface area contributed by atoms with Crippen LogP contribution in [-0.2, 0) is 11.3 Å². The summed E-state index contributed by atoms with van der Waals surface area (Å²) >= 11 is 1.53. The fraction of sp³-hybridized carbons (Fsp3) is 0.250. The highest BCUT2D eigenvalue weighted by molar-refractivity contribution is 8.00. The molecule has 0 radical (unpaired) electrons. The molecule has 2 rings (SSSR count). The summed E-state index contributed by atoms with van der Waals surface area (Å²) in [7, 11) is 1.58. The van der Waals surface area contributed by atoms with Gasteiger partial charge in [-0.05, 0) is 24.6 Å². The number of ether oxygens (including phenoxy) is 1. The van der Waals surface area contributed by atoms with Gasteiger partial charge in [-0.2, -0.15) is 0 Å². The van der Waals surface area contributed by atoms with Crippen molar-refractivity contribution in [3.05, 3.63) is 53.7 Å². The van der Waals surface area contributed by atoms with E-state index in [2.05, 4.69) is 10.3 Å². The minimum absolute atomic E-state index is 0.0105. The summed E-state index contributed by atoms with van der Waals surface area (Å²) in [5.41, 5.74) is 2.17. The number of aromatic nitrogens is 1. The van der Waals surface area contributed by atoms with Crippen molar-refractivity contribution in [3.63, 3.8) is 0 Å². The van der Waals surface area contributed by atoms with Gasteiger partial charge in [0, 0.05) is 23.7 Å². The van der Waals surface area contributed by atoms with E-state index in [0.717, 1.165) is 10.5 Å². The Bertz CT molecular complexity index is 582. The Morgan fingerprint density at radius 3 is 2.62 bits per heavy atom. The molecule has 1 amide bonds. The minimum Gasteiger partial charge on any atom is -0.481 e. The zero-order chi connectivity index (χ0) is 15.1. The summed E-state index contributed by atoms with van der Waals surface area (Å²) in [6.45, 7) is 2.52. The molecular formula is C16H18N2O2S. The number of methoxy groups -OCH3 is 1. The first-order valence-electron chi connectivity index (χ1n) is 6.62. The molecule has 2 aromatic rings. The largest absolute Gasteiger partial charge is 0.481 e. The third-order valence-corrected chi connectivity index (χ3v) is 3.90. The average molecular weight is 302 g/mol. The summed E-state index contributed by atoms with van der Waals surface area (Å²) in [6.07, 6.45) is 1.70. The molecule has 0 atom stereocenters. The molecule has 1 N–H and O–H groups in total. The number of hydrogen-bond donors (Lipinski definition) is 1. The summed E-state index contributed by atoms with van der Waals surface area (Å²) in [4.78, 5) is 17.0. The number of pyridine rings is 1. The van der Waals surface area contributed by atoms with Gasteiger partial charge < -0.3 is 10.1 Å². The van der Waals surface area contributed by atoms with E-state index in [9.17, 15) is 4.79 Å². The van der Waals surface area contributed by atoms with Crippen LogP contribution < -0.4 is 10.1 Å². The van der Waals surface area contributed by atoms with E-state index in [1.54, 1.807) is 19.4 Å². The maximum absolute atomic E-state index is 11.8. The molecule has 0 fully saturated rings. The van der Waals surface area contributed by atoms with Crippen molar-refractivity contribution in [1.29, 1.82) is 0 Å². The van der Waals surface area contributed by atoms with Crippen LogP contribution in [0.25, 0.3) is 0 Å². The zero-order valence-electron chi connectivity index (χ0n) is 12.1. The number of nitrogens with one attached hydrogen (secondary N) is 1. The normalized spacial score (nSPS) is 10.2. The summed E-state index contributed by atoms with van der Waals surface area (Å²) in [6, 6.07) is 11.8. The van der Waals surface area contributed by atoms with Crippen LogP contribution in [0.15, 0.2) is 47.5 Å². The van der Waals surface area contributed by atoms with Crippen molar-refractivity contribution in [2.45, 2.75) is 18.4 Å². The smallest absolute Gasteiger partial charge is 0.230 e. The zero-order valence-corrected chi connectivity index (χ0v) is 12.9. The van der Waals surface area contributed by atoms with E-state index in [1.807, 2.05) is 37.3 Å². The predicted molar refractivity (Wildman–Crippen MR) is 84.5 cm³/mol. The summed E-state index contributed by atoms with van der Waals surface area (Å²) in [5.74, 6) is 0.989. The molecule has 0 saturated heterocycles. The molecular weight excluding hydrogens is 284 g/mol. The van der Waals surface area contributed by atoms with Crippen LogP contribution in [0.5, 0.6) is 5.88 Å². The second kappa shape index (κ2) is 7.69. The highest BCUT2D eigenvalue weighted by Gasteiger charge is 2.03. The third kappa shape index (κ3) is 5.11. The monoisotopic (exact) mass is 302 g/mol. The number of rotatable bonds is 6. The molecule has 0 bridgehead atoms. The van der Waals surface area contributed by atoms with E-state index in [1.165, 1.54) is 17.3 Å². The quantitative estimate of drug-likeness (QED) is 0.834. The molecule has 0 aliphatic rings. The van der Waals surface area contributed by atoms with Crippen molar-refractivity contribution in [3.8, 4) is 5.88 Å². The fourth-order valence-electron chi connectivity index (χ4n) is 1.67. The average Bonchev–Trinajstić information content (AvgIpc) is 2.53. The van der Waals surface area contributed by atoms with Crippen LogP contribution in [0.3, 0.4) is 0 Å². The molecule has 21 heavy (non-hydrogen) atoms. The Hall–Kier alpha value is -2.01. The highest BCUT2D eigenvalue weighted by atomic mass is 32.2. The summed E-state index contributed by atoms with van der Waals surface area (Å²) < 4.78 is 4.99. The number of aryl methyl sites for hydroxylation is 1. The highest BCUT2D eigenvalue weighted by Crippen LogP contribution is 2.17. The van der Waals surface area contributed by atoms with Gasteiger partial charge in [0.25, 0.3) is 0 Å². The number of thioether (sulfide) groups is 1. The SMILES string of the molecule is COc1ccc(CNC(=O)CSc2ccc(C)cc2)cn1. The van der Waals surface area contributed by atoms with Crippen LogP contribution in [0.2, 0.25) is 0 Å². The Morgan fingerprint density at radius 1 is 1.24 bits per heavy atom. The lowest BCUT2D eigenvalue weighted by Crippen LogP contribution is -2.24. The molecule has 0 unspecified atom stereocenters. The standard InChI is InChI=1S/C16H18N2O2S/c1-12-3-6-14(7-4-12)21-11-15(19)17-9-13-5-8-16(20-2)18-10-13/h3-8,10H,9,11H2,1-2H3,(H,17,19). The van der Waals surface area contributed by atoms with Gasteiger partial charge >= 0.3 is 0 Å². The number of amides is 1. The summed E-state index contributed by atoms with van der Waals surface area (Å²) in [5, 5.41) is 2.88. The van der Waals surface area contributed by atoms with E-state index in [-0.39, 0.29) is 5.91 Å².